The Kier molecular flexibility index (Phi) is 4.90. The van der Waals surface area contributed by atoms with E-state index in [0.717, 1.165) is 27.4 Å². The molecule has 8 heteroatoms. The third-order valence-electron chi connectivity index (χ3n) is 4.63. The first kappa shape index (κ1) is 18.7. The summed E-state index contributed by atoms with van der Waals surface area (Å²) in [6.45, 7) is 0.495. The summed E-state index contributed by atoms with van der Waals surface area (Å²) in [7, 11) is 0. The highest BCUT2D eigenvalue weighted by molar-refractivity contribution is 7.15. The number of imidazole rings is 1. The van der Waals surface area contributed by atoms with Crippen molar-refractivity contribution in [3.63, 3.8) is 0 Å². The van der Waals surface area contributed by atoms with Gasteiger partial charge in [0.2, 0.25) is 5.13 Å². The molecule has 0 spiro atoms. The van der Waals surface area contributed by atoms with Gasteiger partial charge in [-0.3, -0.25) is 0 Å². The lowest BCUT2D eigenvalue weighted by molar-refractivity contribution is 0.632. The van der Waals surface area contributed by atoms with E-state index >= 15 is 0 Å². The maximum absolute atomic E-state index is 13.9. The molecule has 30 heavy (non-hydrogen) atoms. The van der Waals surface area contributed by atoms with Crippen molar-refractivity contribution in [3.8, 4) is 11.4 Å². The van der Waals surface area contributed by atoms with Crippen molar-refractivity contribution in [3.05, 3.63) is 88.6 Å². The van der Waals surface area contributed by atoms with Crippen LogP contribution in [0.2, 0.25) is 5.02 Å². The lowest BCUT2D eigenvalue weighted by atomic mass is 10.2. The third kappa shape index (κ3) is 3.65. The van der Waals surface area contributed by atoms with Crippen molar-refractivity contribution < 1.29 is 4.39 Å². The topological polar surface area (TPSA) is 55.6 Å². The number of para-hydroxylation sites is 3. The molecular formula is C22H15ClFN5S. The highest BCUT2D eigenvalue weighted by Crippen LogP contribution is 2.29. The molecule has 0 atom stereocenters. The molecule has 0 aliphatic rings. The highest BCUT2D eigenvalue weighted by atomic mass is 35.5. The molecule has 5 rings (SSSR count). The number of nitrogens with one attached hydrogen (secondary N) is 1. The number of halogens is 2. The van der Waals surface area contributed by atoms with Gasteiger partial charge in [0, 0.05) is 10.6 Å². The summed E-state index contributed by atoms with van der Waals surface area (Å²) in [6, 6.07) is 22.0. The van der Waals surface area contributed by atoms with Gasteiger partial charge in [0.1, 0.15) is 16.6 Å². The van der Waals surface area contributed by atoms with Crippen LogP contribution in [0.4, 0.5) is 15.2 Å². The molecule has 0 amide bonds. The maximum atomic E-state index is 13.9. The average molecular weight is 436 g/mol. The van der Waals surface area contributed by atoms with Gasteiger partial charge in [0.05, 0.1) is 23.3 Å². The van der Waals surface area contributed by atoms with Gasteiger partial charge in [-0.05, 0) is 48.5 Å². The zero-order chi connectivity index (χ0) is 20.5. The van der Waals surface area contributed by atoms with Crippen molar-refractivity contribution in [2.45, 2.75) is 6.54 Å². The monoisotopic (exact) mass is 435 g/mol. The van der Waals surface area contributed by atoms with Crippen LogP contribution in [0.3, 0.4) is 0 Å². The number of hydrogen-bond acceptors (Lipinski definition) is 5. The molecule has 148 valence electrons. The fourth-order valence-electron chi connectivity index (χ4n) is 3.24. The summed E-state index contributed by atoms with van der Waals surface area (Å²) < 4.78 is 16.0. The van der Waals surface area contributed by atoms with Crippen molar-refractivity contribution >= 4 is 44.8 Å². The second-order valence-corrected chi connectivity index (χ2v) is 8.12. The van der Waals surface area contributed by atoms with Gasteiger partial charge in [-0.1, -0.05) is 47.2 Å². The van der Waals surface area contributed by atoms with Gasteiger partial charge in [-0.25, -0.2) is 9.37 Å². The third-order valence-corrected chi connectivity index (χ3v) is 5.71. The summed E-state index contributed by atoms with van der Waals surface area (Å²) >= 11 is 7.43. The summed E-state index contributed by atoms with van der Waals surface area (Å²) in [5.41, 5.74) is 3.23. The highest BCUT2D eigenvalue weighted by Gasteiger charge is 2.15. The minimum Gasteiger partial charge on any atom is -0.328 e. The van der Waals surface area contributed by atoms with Gasteiger partial charge in [-0.15, -0.1) is 10.2 Å². The minimum absolute atomic E-state index is 0.333. The van der Waals surface area contributed by atoms with Crippen LogP contribution < -0.4 is 5.32 Å². The number of hydrogen-bond donors (Lipinski definition) is 1. The molecule has 0 aliphatic carbocycles. The quantitative estimate of drug-likeness (QED) is 0.360. The van der Waals surface area contributed by atoms with Crippen molar-refractivity contribution in [1.29, 1.82) is 0 Å². The van der Waals surface area contributed by atoms with Crippen LogP contribution in [0, 0.1) is 5.82 Å². The summed E-state index contributed by atoms with van der Waals surface area (Å²) in [5.74, 6) is 0.492. The Morgan fingerprint density at radius 1 is 0.933 bits per heavy atom. The minimum atomic E-state index is -0.333. The van der Waals surface area contributed by atoms with E-state index in [9.17, 15) is 4.39 Å². The van der Waals surface area contributed by atoms with Crippen LogP contribution in [0.5, 0.6) is 0 Å². The summed E-state index contributed by atoms with van der Waals surface area (Å²) in [4.78, 5) is 4.81. The number of benzene rings is 3. The van der Waals surface area contributed by atoms with E-state index in [1.54, 1.807) is 18.2 Å². The van der Waals surface area contributed by atoms with E-state index in [2.05, 4.69) is 20.1 Å². The Morgan fingerprint density at radius 2 is 1.70 bits per heavy atom. The first-order chi connectivity index (χ1) is 14.7. The number of rotatable bonds is 5. The van der Waals surface area contributed by atoms with Crippen LogP contribution in [0.15, 0.2) is 72.8 Å². The largest absolute Gasteiger partial charge is 0.328 e. The van der Waals surface area contributed by atoms with E-state index in [0.29, 0.717) is 22.4 Å². The first-order valence-corrected chi connectivity index (χ1v) is 10.4. The zero-order valence-electron chi connectivity index (χ0n) is 15.6. The molecule has 0 fully saturated rings. The second kappa shape index (κ2) is 7.85. The lowest BCUT2D eigenvalue weighted by Crippen LogP contribution is -2.02. The molecule has 0 aliphatic heterocycles. The Labute approximate surface area is 180 Å². The van der Waals surface area contributed by atoms with Gasteiger partial charge in [-0.2, -0.15) is 0 Å². The van der Waals surface area contributed by atoms with Gasteiger partial charge < -0.3 is 9.88 Å². The van der Waals surface area contributed by atoms with Crippen molar-refractivity contribution in [2.24, 2.45) is 0 Å². The number of nitrogens with zero attached hydrogens (tertiary/aromatic N) is 4. The maximum Gasteiger partial charge on any atom is 0.210 e. The molecule has 3 aromatic carbocycles. The normalized spacial score (nSPS) is 11.1. The number of aromatic nitrogens is 4. The van der Waals surface area contributed by atoms with E-state index in [4.69, 9.17) is 16.6 Å². The van der Waals surface area contributed by atoms with Crippen molar-refractivity contribution in [1.82, 2.24) is 19.7 Å². The molecule has 0 bridgehead atoms. The van der Waals surface area contributed by atoms with E-state index < -0.39 is 0 Å². The second-order valence-electron chi connectivity index (χ2n) is 6.62. The molecule has 1 N–H and O–H groups in total. The number of anilines is 2. The fraction of sp³-hybridized carbons (Fsp3) is 0.0455. The Balaban J connectivity index is 1.50. The predicted molar refractivity (Wildman–Crippen MR) is 119 cm³/mol. The predicted octanol–water partition coefficient (Wildman–Crippen LogP) is 6.14. The fourth-order valence-corrected chi connectivity index (χ4v) is 4.10. The SMILES string of the molecule is Fc1ccccc1Nc1nnc(Cn2c(-c3ccc(Cl)cc3)nc3ccccc32)s1. The smallest absolute Gasteiger partial charge is 0.210 e. The molecule has 0 radical (unpaired) electrons. The van der Waals surface area contributed by atoms with Crippen LogP contribution in [0.1, 0.15) is 5.01 Å². The molecule has 2 aromatic heterocycles. The molecule has 5 nitrogen and oxygen atoms in total. The average Bonchev–Trinajstić information content (AvgIpc) is 3.35. The van der Waals surface area contributed by atoms with E-state index in [1.807, 2.05) is 48.5 Å². The summed E-state index contributed by atoms with van der Waals surface area (Å²) in [6.07, 6.45) is 0. The van der Waals surface area contributed by atoms with Crippen LogP contribution in [-0.2, 0) is 6.54 Å². The van der Waals surface area contributed by atoms with Gasteiger partial charge >= 0.3 is 0 Å². The molecule has 5 aromatic rings. The molecule has 0 saturated carbocycles. The molecule has 0 saturated heterocycles. The van der Waals surface area contributed by atoms with Crippen molar-refractivity contribution in [2.75, 3.05) is 5.32 Å². The molecule has 0 unspecified atom stereocenters. The van der Waals surface area contributed by atoms with Crippen LogP contribution >= 0.6 is 22.9 Å². The number of fused-ring (bicyclic) bond motifs is 1. The molecular weight excluding hydrogens is 421 g/mol. The van der Waals surface area contributed by atoms with Gasteiger partial charge in [0.25, 0.3) is 0 Å². The van der Waals surface area contributed by atoms with E-state index in [-0.39, 0.29) is 5.82 Å². The standard InChI is InChI=1S/C22H15ClFN5S/c23-15-11-9-14(10-12-15)21-25-18-7-3-4-8-19(18)29(21)13-20-27-28-22(30-20)26-17-6-2-1-5-16(17)24/h1-12H,13H2,(H,26,28). The van der Waals surface area contributed by atoms with Crippen LogP contribution in [0.25, 0.3) is 22.4 Å². The summed E-state index contributed by atoms with van der Waals surface area (Å²) in [5, 5.41) is 13.4. The van der Waals surface area contributed by atoms with Crippen LogP contribution in [-0.4, -0.2) is 19.7 Å². The first-order valence-electron chi connectivity index (χ1n) is 9.22. The zero-order valence-corrected chi connectivity index (χ0v) is 17.2. The van der Waals surface area contributed by atoms with E-state index in [1.165, 1.54) is 17.4 Å². The molecule has 2 heterocycles. The van der Waals surface area contributed by atoms with Gasteiger partial charge in [0.15, 0.2) is 0 Å². The Morgan fingerprint density at radius 3 is 2.53 bits per heavy atom. The Hall–Kier alpha value is -3.29. The lowest BCUT2D eigenvalue weighted by Gasteiger charge is -2.07. The Bertz CT molecular complexity index is 1330.